The number of carbonyl (C=O) groups excluding carboxylic acids is 1. The van der Waals surface area contributed by atoms with Gasteiger partial charge in [0, 0.05) is 0 Å². The highest BCUT2D eigenvalue weighted by Crippen LogP contribution is 2.17. The minimum absolute atomic E-state index is 0.642. The van der Waals surface area contributed by atoms with Crippen LogP contribution in [0.15, 0.2) is 12.1 Å². The van der Waals surface area contributed by atoms with Crippen molar-refractivity contribution in [1.29, 1.82) is 5.26 Å². The molecule has 0 radical (unpaired) electrons. The van der Waals surface area contributed by atoms with Crippen LogP contribution in [0.3, 0.4) is 0 Å². The molecule has 0 saturated heterocycles. The Morgan fingerprint density at radius 1 is 1.43 bits per heavy atom. The number of esters is 1. The van der Waals surface area contributed by atoms with Crippen molar-refractivity contribution in [3.8, 4) is 6.07 Å². The summed E-state index contributed by atoms with van der Waals surface area (Å²) < 4.78 is 30.2. The summed E-state index contributed by atoms with van der Waals surface area (Å²) in [6, 6.07) is 2.95. The molecule has 14 heavy (non-hydrogen) atoms. The van der Waals surface area contributed by atoms with E-state index in [1.54, 1.807) is 0 Å². The van der Waals surface area contributed by atoms with Crippen LogP contribution in [0.2, 0.25) is 0 Å². The number of ether oxygens (including phenoxy) is 1. The van der Waals surface area contributed by atoms with Gasteiger partial charge in [-0.05, 0) is 12.1 Å². The van der Waals surface area contributed by atoms with Crippen LogP contribution >= 0.6 is 0 Å². The minimum atomic E-state index is -1.07. The molecule has 0 saturated carbocycles. The quantitative estimate of drug-likeness (QED) is 0.643. The number of halogens is 2. The molecular weight excluding hydrogens is 192 g/mol. The zero-order valence-corrected chi connectivity index (χ0v) is 7.17. The molecule has 72 valence electrons. The summed E-state index contributed by atoms with van der Waals surface area (Å²) in [4.78, 5) is 11.0. The lowest BCUT2D eigenvalue weighted by Gasteiger charge is -2.03. The SMILES string of the molecule is COC(=O)c1c(F)ccc(F)c1C#N. The molecule has 0 spiro atoms. The number of hydrogen-bond acceptors (Lipinski definition) is 3. The van der Waals surface area contributed by atoms with Crippen molar-refractivity contribution in [1.82, 2.24) is 0 Å². The Labute approximate surface area is 78.5 Å². The van der Waals surface area contributed by atoms with E-state index in [1.807, 2.05) is 0 Å². The highest BCUT2D eigenvalue weighted by Gasteiger charge is 2.20. The first kappa shape index (κ1) is 10.1. The Bertz CT molecular complexity index is 424. The predicted molar refractivity (Wildman–Crippen MR) is 42.4 cm³/mol. The van der Waals surface area contributed by atoms with Gasteiger partial charge in [-0.3, -0.25) is 0 Å². The molecule has 0 aromatic heterocycles. The monoisotopic (exact) mass is 197 g/mol. The van der Waals surface area contributed by atoms with Crippen LogP contribution in [0.1, 0.15) is 15.9 Å². The van der Waals surface area contributed by atoms with Gasteiger partial charge in [-0.15, -0.1) is 0 Å². The lowest BCUT2D eigenvalue weighted by atomic mass is 10.1. The zero-order chi connectivity index (χ0) is 10.7. The summed E-state index contributed by atoms with van der Waals surface area (Å²) in [6.07, 6.45) is 0. The summed E-state index contributed by atoms with van der Waals surface area (Å²) in [7, 11) is 1.02. The van der Waals surface area contributed by atoms with E-state index >= 15 is 0 Å². The predicted octanol–water partition coefficient (Wildman–Crippen LogP) is 1.62. The Balaban J connectivity index is 3.47. The fourth-order valence-electron chi connectivity index (χ4n) is 0.963. The van der Waals surface area contributed by atoms with E-state index in [4.69, 9.17) is 5.26 Å². The van der Waals surface area contributed by atoms with Crippen LogP contribution in [0.5, 0.6) is 0 Å². The maximum atomic E-state index is 13.0. The normalized spacial score (nSPS) is 9.29. The maximum absolute atomic E-state index is 13.0. The molecule has 3 nitrogen and oxygen atoms in total. The van der Waals surface area contributed by atoms with Crippen LogP contribution < -0.4 is 0 Å². The Morgan fingerprint density at radius 3 is 2.50 bits per heavy atom. The van der Waals surface area contributed by atoms with Crippen molar-refractivity contribution >= 4 is 5.97 Å². The van der Waals surface area contributed by atoms with Gasteiger partial charge in [0.25, 0.3) is 0 Å². The Hall–Kier alpha value is -1.96. The van der Waals surface area contributed by atoms with E-state index in [0.717, 1.165) is 19.2 Å². The van der Waals surface area contributed by atoms with Gasteiger partial charge in [0.05, 0.1) is 7.11 Å². The summed E-state index contributed by atoms with van der Waals surface area (Å²) in [5.74, 6) is -3.00. The fraction of sp³-hybridized carbons (Fsp3) is 0.111. The standard InChI is InChI=1S/C9H5F2NO2/c1-14-9(13)8-5(4-12)6(10)2-3-7(8)11/h2-3H,1H3. The number of benzene rings is 1. The second-order valence-electron chi connectivity index (χ2n) is 2.38. The van der Waals surface area contributed by atoms with E-state index in [0.29, 0.717) is 0 Å². The first-order valence-corrected chi connectivity index (χ1v) is 3.58. The Kier molecular flexibility index (Phi) is 2.77. The smallest absolute Gasteiger partial charge is 0.342 e. The van der Waals surface area contributed by atoms with Gasteiger partial charge in [-0.25, -0.2) is 13.6 Å². The average molecular weight is 197 g/mol. The molecule has 1 aromatic carbocycles. The summed E-state index contributed by atoms with van der Waals surface area (Å²) in [5.41, 5.74) is -1.31. The summed E-state index contributed by atoms with van der Waals surface area (Å²) in [5, 5.41) is 8.50. The van der Waals surface area contributed by atoms with Crippen molar-refractivity contribution in [2.24, 2.45) is 0 Å². The molecule has 0 bridgehead atoms. The van der Waals surface area contributed by atoms with E-state index in [9.17, 15) is 13.6 Å². The number of methoxy groups -OCH3 is 1. The summed E-state index contributed by atoms with van der Waals surface area (Å²) in [6.45, 7) is 0. The van der Waals surface area contributed by atoms with Gasteiger partial charge in [0.2, 0.25) is 0 Å². The largest absolute Gasteiger partial charge is 0.465 e. The second-order valence-corrected chi connectivity index (χ2v) is 2.38. The molecule has 0 fully saturated rings. The zero-order valence-electron chi connectivity index (χ0n) is 7.17. The number of rotatable bonds is 1. The molecule has 0 aliphatic heterocycles. The first-order valence-electron chi connectivity index (χ1n) is 3.58. The van der Waals surface area contributed by atoms with Crippen molar-refractivity contribution in [2.75, 3.05) is 7.11 Å². The third kappa shape index (κ3) is 1.55. The first-order chi connectivity index (χ1) is 6.61. The van der Waals surface area contributed by atoms with Crippen LogP contribution in [-0.2, 0) is 4.74 Å². The van der Waals surface area contributed by atoms with Gasteiger partial charge >= 0.3 is 5.97 Å². The fourth-order valence-corrected chi connectivity index (χ4v) is 0.963. The number of nitriles is 1. The molecule has 1 aromatic rings. The third-order valence-electron chi connectivity index (χ3n) is 1.60. The molecule has 0 heterocycles. The van der Waals surface area contributed by atoms with Crippen LogP contribution in [-0.4, -0.2) is 13.1 Å². The number of carbonyl (C=O) groups is 1. The van der Waals surface area contributed by atoms with Gasteiger partial charge < -0.3 is 4.74 Å². The number of nitrogens with zero attached hydrogens (tertiary/aromatic N) is 1. The van der Waals surface area contributed by atoms with Crippen molar-refractivity contribution in [3.05, 3.63) is 34.9 Å². The molecule has 0 aliphatic rings. The van der Waals surface area contributed by atoms with E-state index in [1.165, 1.54) is 6.07 Å². The molecular formula is C9H5F2NO2. The summed E-state index contributed by atoms with van der Waals surface area (Å²) >= 11 is 0. The van der Waals surface area contributed by atoms with Crippen LogP contribution in [0.4, 0.5) is 8.78 Å². The van der Waals surface area contributed by atoms with Gasteiger partial charge in [0.15, 0.2) is 0 Å². The van der Waals surface area contributed by atoms with E-state index < -0.39 is 28.7 Å². The molecule has 1 rings (SSSR count). The number of hydrogen-bond donors (Lipinski definition) is 0. The maximum Gasteiger partial charge on any atom is 0.342 e. The lowest BCUT2D eigenvalue weighted by molar-refractivity contribution is 0.0594. The van der Waals surface area contributed by atoms with Gasteiger partial charge in [0.1, 0.15) is 28.8 Å². The molecule has 0 atom stereocenters. The molecule has 5 heteroatoms. The molecule has 0 aliphatic carbocycles. The van der Waals surface area contributed by atoms with E-state index in [-0.39, 0.29) is 0 Å². The minimum Gasteiger partial charge on any atom is -0.465 e. The third-order valence-corrected chi connectivity index (χ3v) is 1.60. The lowest BCUT2D eigenvalue weighted by Crippen LogP contribution is -2.08. The van der Waals surface area contributed by atoms with Gasteiger partial charge in [-0.1, -0.05) is 0 Å². The second kappa shape index (κ2) is 3.83. The highest BCUT2D eigenvalue weighted by molar-refractivity contribution is 5.92. The highest BCUT2D eigenvalue weighted by atomic mass is 19.1. The average Bonchev–Trinajstić information content (AvgIpc) is 2.19. The van der Waals surface area contributed by atoms with Crippen LogP contribution in [0.25, 0.3) is 0 Å². The molecule has 0 amide bonds. The molecule has 0 unspecified atom stereocenters. The van der Waals surface area contributed by atoms with Crippen molar-refractivity contribution < 1.29 is 18.3 Å². The Morgan fingerprint density at radius 2 is 2.00 bits per heavy atom. The van der Waals surface area contributed by atoms with Crippen molar-refractivity contribution in [3.63, 3.8) is 0 Å². The van der Waals surface area contributed by atoms with Gasteiger partial charge in [-0.2, -0.15) is 5.26 Å². The molecule has 0 N–H and O–H groups in total. The van der Waals surface area contributed by atoms with Crippen molar-refractivity contribution in [2.45, 2.75) is 0 Å². The van der Waals surface area contributed by atoms with Crippen LogP contribution in [0, 0.1) is 23.0 Å². The van der Waals surface area contributed by atoms with E-state index in [2.05, 4.69) is 4.74 Å². The topological polar surface area (TPSA) is 50.1 Å².